The Morgan fingerprint density at radius 3 is 2.67 bits per heavy atom. The van der Waals surface area contributed by atoms with Gasteiger partial charge in [0.05, 0.1) is 16.6 Å². The van der Waals surface area contributed by atoms with Crippen LogP contribution in [-0.2, 0) is 0 Å². The first kappa shape index (κ1) is 15.5. The number of carbonyl (C=O) groups excluding carboxylic acids is 1. The number of para-hydroxylation sites is 3. The molecule has 3 aromatic carbocycles. The van der Waals surface area contributed by atoms with Crippen molar-refractivity contribution in [3.63, 3.8) is 0 Å². The Bertz CT molecular complexity index is 1120. The highest BCUT2D eigenvalue weighted by molar-refractivity contribution is 6.06. The summed E-state index contributed by atoms with van der Waals surface area (Å²) in [7, 11) is 0. The van der Waals surface area contributed by atoms with Gasteiger partial charge >= 0.3 is 0 Å². The van der Waals surface area contributed by atoms with E-state index < -0.39 is 0 Å². The first-order chi connectivity index (χ1) is 13.3. The second-order valence-corrected chi connectivity index (χ2v) is 6.17. The summed E-state index contributed by atoms with van der Waals surface area (Å²) in [5, 5.41) is 2.89. The highest BCUT2D eigenvalue weighted by Crippen LogP contribution is 2.35. The number of carbonyl (C=O) groups is 1. The molecule has 1 aliphatic rings. The van der Waals surface area contributed by atoms with Crippen LogP contribution in [0.2, 0.25) is 0 Å². The molecule has 132 valence electrons. The summed E-state index contributed by atoms with van der Waals surface area (Å²) in [6.07, 6.45) is 0. The number of H-pyrrole nitrogens is 1. The van der Waals surface area contributed by atoms with Gasteiger partial charge in [-0.2, -0.15) is 0 Å². The molecular formula is C21H15N3O3. The van der Waals surface area contributed by atoms with Crippen LogP contribution in [0.25, 0.3) is 22.4 Å². The fourth-order valence-electron chi connectivity index (χ4n) is 3.11. The number of hydrogen-bond acceptors (Lipinski definition) is 4. The molecule has 5 rings (SSSR count). The van der Waals surface area contributed by atoms with Gasteiger partial charge in [-0.15, -0.1) is 0 Å². The Hall–Kier alpha value is -3.80. The van der Waals surface area contributed by atoms with Crippen molar-refractivity contribution < 1.29 is 14.3 Å². The van der Waals surface area contributed by atoms with Crippen LogP contribution in [0.3, 0.4) is 0 Å². The average molecular weight is 357 g/mol. The van der Waals surface area contributed by atoms with Gasteiger partial charge in [-0.3, -0.25) is 4.79 Å². The van der Waals surface area contributed by atoms with Crippen molar-refractivity contribution in [2.75, 3.05) is 12.1 Å². The van der Waals surface area contributed by atoms with Crippen LogP contribution >= 0.6 is 0 Å². The number of aromatic amines is 1. The van der Waals surface area contributed by atoms with Crippen molar-refractivity contribution in [1.82, 2.24) is 9.97 Å². The van der Waals surface area contributed by atoms with E-state index in [-0.39, 0.29) is 12.7 Å². The van der Waals surface area contributed by atoms with Crippen LogP contribution in [0.4, 0.5) is 5.69 Å². The van der Waals surface area contributed by atoms with Crippen molar-refractivity contribution in [3.05, 3.63) is 72.3 Å². The molecule has 0 bridgehead atoms. The second kappa shape index (κ2) is 6.17. The Morgan fingerprint density at radius 2 is 1.81 bits per heavy atom. The fraction of sp³-hybridized carbons (Fsp3) is 0.0476. The van der Waals surface area contributed by atoms with Gasteiger partial charge in [0.1, 0.15) is 5.82 Å². The minimum atomic E-state index is -0.242. The van der Waals surface area contributed by atoms with E-state index in [2.05, 4.69) is 15.3 Å². The summed E-state index contributed by atoms with van der Waals surface area (Å²) in [6.45, 7) is 0.131. The average Bonchev–Trinajstić information content (AvgIpc) is 3.35. The SMILES string of the molecule is O=C(Nc1ccc(-c2nc3ccccc3[nH]2)cc1)c1cccc2c1OCO2. The van der Waals surface area contributed by atoms with E-state index in [1.165, 1.54) is 0 Å². The Balaban J connectivity index is 1.38. The molecule has 27 heavy (non-hydrogen) atoms. The van der Waals surface area contributed by atoms with Gasteiger partial charge in [0, 0.05) is 11.3 Å². The number of rotatable bonds is 3. The van der Waals surface area contributed by atoms with Gasteiger partial charge in [0.15, 0.2) is 11.5 Å². The number of ether oxygens (including phenoxy) is 2. The summed E-state index contributed by atoms with van der Waals surface area (Å²) in [5.74, 6) is 1.62. The largest absolute Gasteiger partial charge is 0.454 e. The predicted molar refractivity (Wildman–Crippen MR) is 102 cm³/mol. The Kier molecular flexibility index (Phi) is 3.53. The number of imidazole rings is 1. The minimum absolute atomic E-state index is 0.131. The van der Waals surface area contributed by atoms with Gasteiger partial charge in [-0.1, -0.05) is 18.2 Å². The lowest BCUT2D eigenvalue weighted by Gasteiger charge is -2.08. The summed E-state index contributed by atoms with van der Waals surface area (Å²) in [6, 6.07) is 20.7. The van der Waals surface area contributed by atoms with Crippen LogP contribution < -0.4 is 14.8 Å². The quantitative estimate of drug-likeness (QED) is 0.576. The van der Waals surface area contributed by atoms with E-state index in [0.717, 1.165) is 22.4 Å². The fourth-order valence-corrected chi connectivity index (χ4v) is 3.11. The first-order valence-electron chi connectivity index (χ1n) is 8.53. The molecule has 0 aliphatic carbocycles. The highest BCUT2D eigenvalue weighted by Gasteiger charge is 2.21. The monoisotopic (exact) mass is 357 g/mol. The van der Waals surface area contributed by atoms with Crippen molar-refractivity contribution in [1.29, 1.82) is 0 Å². The van der Waals surface area contributed by atoms with Crippen molar-refractivity contribution in [2.45, 2.75) is 0 Å². The molecule has 0 saturated heterocycles. The van der Waals surface area contributed by atoms with E-state index in [4.69, 9.17) is 9.47 Å². The van der Waals surface area contributed by atoms with E-state index in [9.17, 15) is 4.79 Å². The molecule has 1 aromatic heterocycles. The molecule has 0 atom stereocenters. The van der Waals surface area contributed by atoms with Crippen LogP contribution in [-0.4, -0.2) is 22.7 Å². The number of benzene rings is 3. The number of anilines is 1. The molecule has 0 saturated carbocycles. The number of nitrogens with zero attached hydrogens (tertiary/aromatic N) is 1. The summed E-state index contributed by atoms with van der Waals surface area (Å²) < 4.78 is 10.7. The Morgan fingerprint density at radius 1 is 0.963 bits per heavy atom. The third-order valence-electron chi connectivity index (χ3n) is 4.45. The number of aromatic nitrogens is 2. The molecule has 4 aromatic rings. The maximum Gasteiger partial charge on any atom is 0.259 e. The van der Waals surface area contributed by atoms with Gasteiger partial charge in [-0.25, -0.2) is 4.98 Å². The zero-order valence-corrected chi connectivity index (χ0v) is 14.2. The maximum atomic E-state index is 12.6. The van der Waals surface area contributed by atoms with Gasteiger partial charge in [0.25, 0.3) is 5.91 Å². The van der Waals surface area contributed by atoms with Crippen molar-refractivity contribution in [3.8, 4) is 22.9 Å². The third-order valence-corrected chi connectivity index (χ3v) is 4.45. The van der Waals surface area contributed by atoms with Crippen molar-refractivity contribution in [2.24, 2.45) is 0 Å². The standard InChI is InChI=1S/C21H15N3O3/c25-21(15-4-3-7-18-19(15)27-12-26-18)22-14-10-8-13(9-11-14)20-23-16-5-1-2-6-17(16)24-20/h1-11H,12H2,(H,22,25)(H,23,24). The molecule has 1 amide bonds. The minimum Gasteiger partial charge on any atom is -0.454 e. The first-order valence-corrected chi connectivity index (χ1v) is 8.53. The smallest absolute Gasteiger partial charge is 0.259 e. The van der Waals surface area contributed by atoms with E-state index >= 15 is 0 Å². The van der Waals surface area contributed by atoms with Crippen LogP contribution in [0.15, 0.2) is 66.7 Å². The number of fused-ring (bicyclic) bond motifs is 2. The van der Waals surface area contributed by atoms with Gasteiger partial charge < -0.3 is 19.8 Å². The van der Waals surface area contributed by atoms with Crippen molar-refractivity contribution >= 4 is 22.6 Å². The number of amides is 1. The van der Waals surface area contributed by atoms with Crippen LogP contribution in [0, 0.1) is 0 Å². The number of nitrogens with one attached hydrogen (secondary N) is 2. The normalized spacial score (nSPS) is 12.3. The second-order valence-electron chi connectivity index (χ2n) is 6.17. The molecule has 2 N–H and O–H groups in total. The topological polar surface area (TPSA) is 76.2 Å². The lowest BCUT2D eigenvalue weighted by atomic mass is 10.1. The molecule has 0 fully saturated rings. The van der Waals surface area contributed by atoms with E-state index in [1.54, 1.807) is 18.2 Å². The van der Waals surface area contributed by atoms with Crippen LogP contribution in [0.5, 0.6) is 11.5 Å². The van der Waals surface area contributed by atoms with Gasteiger partial charge in [0.2, 0.25) is 6.79 Å². The molecule has 6 nitrogen and oxygen atoms in total. The summed E-state index contributed by atoms with van der Waals surface area (Å²) >= 11 is 0. The number of hydrogen-bond donors (Lipinski definition) is 2. The molecule has 0 unspecified atom stereocenters. The zero-order chi connectivity index (χ0) is 18.2. The molecule has 2 heterocycles. The summed E-state index contributed by atoms with van der Waals surface area (Å²) in [4.78, 5) is 20.5. The molecule has 1 aliphatic heterocycles. The highest BCUT2D eigenvalue weighted by atomic mass is 16.7. The molecule has 0 radical (unpaired) electrons. The lowest BCUT2D eigenvalue weighted by Crippen LogP contribution is -2.12. The maximum absolute atomic E-state index is 12.6. The summed E-state index contributed by atoms with van der Waals surface area (Å²) in [5.41, 5.74) is 4.00. The Labute approximate surface area is 154 Å². The van der Waals surface area contributed by atoms with Crippen LogP contribution in [0.1, 0.15) is 10.4 Å². The molecule has 0 spiro atoms. The lowest BCUT2D eigenvalue weighted by molar-refractivity contribution is 0.102. The predicted octanol–water partition coefficient (Wildman–Crippen LogP) is 4.21. The third kappa shape index (κ3) is 2.77. The van der Waals surface area contributed by atoms with E-state index in [1.807, 2.05) is 48.5 Å². The zero-order valence-electron chi connectivity index (χ0n) is 14.2. The molecular weight excluding hydrogens is 342 g/mol. The molecule has 6 heteroatoms. The van der Waals surface area contributed by atoms with E-state index in [0.29, 0.717) is 22.7 Å². The van der Waals surface area contributed by atoms with Gasteiger partial charge in [-0.05, 0) is 48.5 Å².